The van der Waals surface area contributed by atoms with Crippen molar-refractivity contribution in [2.75, 3.05) is 6.61 Å². The van der Waals surface area contributed by atoms with E-state index in [1.54, 1.807) is 37.3 Å². The third-order valence-corrected chi connectivity index (χ3v) is 5.64. The molecule has 1 atom stereocenters. The molecule has 0 aliphatic heterocycles. The molecule has 0 bridgehead atoms. The quantitative estimate of drug-likeness (QED) is 0.167. The Kier molecular flexibility index (Phi) is 8.49. The van der Waals surface area contributed by atoms with Gasteiger partial charge in [0.15, 0.2) is 17.3 Å². The van der Waals surface area contributed by atoms with Crippen molar-refractivity contribution in [1.29, 1.82) is 0 Å². The highest BCUT2D eigenvalue weighted by atomic mass is 16.5. The fraction of sp³-hybridized carbons (Fsp3) is 0.333. The van der Waals surface area contributed by atoms with Crippen LogP contribution in [0.4, 0.5) is 0 Å². The summed E-state index contributed by atoms with van der Waals surface area (Å²) in [7, 11) is 0. The molecule has 0 spiro atoms. The monoisotopic (exact) mass is 466 g/mol. The van der Waals surface area contributed by atoms with Gasteiger partial charge in [0.2, 0.25) is 0 Å². The molecule has 0 fully saturated rings. The number of aliphatic hydroxyl groups is 1. The van der Waals surface area contributed by atoms with E-state index < -0.39 is 12.1 Å². The number of benzene rings is 3. The fourth-order valence-corrected chi connectivity index (χ4v) is 3.88. The molecule has 0 aromatic heterocycles. The van der Waals surface area contributed by atoms with E-state index in [-0.39, 0.29) is 29.3 Å². The number of hydrogen-bond acceptors (Lipinski definition) is 6. The molecule has 0 saturated heterocycles. The number of aromatic hydroxyl groups is 2. The van der Waals surface area contributed by atoms with Crippen molar-refractivity contribution in [1.82, 2.24) is 0 Å². The second kappa shape index (κ2) is 11.5. The van der Waals surface area contributed by atoms with Crippen LogP contribution >= 0.6 is 0 Å². The summed E-state index contributed by atoms with van der Waals surface area (Å²) in [6.07, 6.45) is 3.35. The topological polar surface area (TPSA) is 124 Å². The van der Waals surface area contributed by atoms with Gasteiger partial charge in [-0.3, -0.25) is 4.79 Å². The van der Waals surface area contributed by atoms with Crippen molar-refractivity contribution in [3.63, 3.8) is 0 Å². The lowest BCUT2D eigenvalue weighted by molar-refractivity contribution is 0.0694. The highest BCUT2D eigenvalue weighted by molar-refractivity contribution is 6.00. The first kappa shape index (κ1) is 25.1. The van der Waals surface area contributed by atoms with Crippen molar-refractivity contribution in [3.8, 4) is 17.2 Å². The fourth-order valence-electron chi connectivity index (χ4n) is 3.88. The summed E-state index contributed by atoms with van der Waals surface area (Å²) in [6.45, 7) is 2.09. The molecule has 7 nitrogen and oxygen atoms in total. The zero-order valence-electron chi connectivity index (χ0n) is 19.2. The predicted octanol–water partition coefficient (Wildman–Crippen LogP) is 5.08. The van der Waals surface area contributed by atoms with E-state index in [4.69, 9.17) is 4.74 Å². The maximum absolute atomic E-state index is 12.5. The number of aromatic carboxylic acids is 1. The Balaban J connectivity index is 1.41. The second-order valence-electron chi connectivity index (χ2n) is 8.52. The molecule has 4 N–H and O–H groups in total. The summed E-state index contributed by atoms with van der Waals surface area (Å²) < 4.78 is 5.74. The van der Waals surface area contributed by atoms with E-state index in [1.807, 2.05) is 0 Å². The van der Waals surface area contributed by atoms with Crippen LogP contribution in [-0.2, 0) is 6.42 Å². The Morgan fingerprint density at radius 2 is 1.59 bits per heavy atom. The normalized spacial score (nSPS) is 11.9. The number of carbonyl (C=O) groups is 2. The Labute approximate surface area is 198 Å². The molecular formula is C27H30O7. The number of ketones is 1. The molecule has 0 heterocycles. The first-order valence-electron chi connectivity index (χ1n) is 11.4. The summed E-state index contributed by atoms with van der Waals surface area (Å²) in [5.41, 5.74) is 1.29. The highest BCUT2D eigenvalue weighted by Gasteiger charge is 2.13. The van der Waals surface area contributed by atoms with Gasteiger partial charge < -0.3 is 25.2 Å². The molecule has 0 amide bonds. The number of phenols is 2. The van der Waals surface area contributed by atoms with Crippen molar-refractivity contribution < 1.29 is 34.8 Å². The first-order chi connectivity index (χ1) is 16.2. The van der Waals surface area contributed by atoms with E-state index >= 15 is 0 Å². The van der Waals surface area contributed by atoms with Crippen LogP contribution in [0.25, 0.3) is 10.8 Å². The summed E-state index contributed by atoms with van der Waals surface area (Å²) >= 11 is 0. The average Bonchev–Trinajstić information content (AvgIpc) is 2.78. The summed E-state index contributed by atoms with van der Waals surface area (Å²) in [6, 6.07) is 12.9. The molecule has 3 rings (SSSR count). The number of carboxylic acids is 1. The van der Waals surface area contributed by atoms with E-state index in [2.05, 4.69) is 0 Å². The van der Waals surface area contributed by atoms with Gasteiger partial charge in [0.05, 0.1) is 18.3 Å². The van der Waals surface area contributed by atoms with Crippen molar-refractivity contribution in [2.24, 2.45) is 0 Å². The number of carbonyl (C=O) groups excluding carboxylic acids is 1. The second-order valence-corrected chi connectivity index (χ2v) is 8.52. The van der Waals surface area contributed by atoms with Crippen molar-refractivity contribution >= 4 is 22.5 Å². The van der Waals surface area contributed by atoms with Crippen LogP contribution in [-0.4, -0.2) is 44.9 Å². The average molecular weight is 467 g/mol. The lowest BCUT2D eigenvalue weighted by Gasteiger charge is -2.12. The van der Waals surface area contributed by atoms with Gasteiger partial charge in [0, 0.05) is 12.0 Å². The standard InChI is InChI=1S/C27H30O7/c1-17(28)12-21-14-22(9-10-23(21)27(32)33)34-11-5-3-2-4-6-24(29)19-8-7-18-15-25(30)26(31)16-20(18)13-19/h7-10,13-17,28,30-31H,2-6,11-12H2,1H3,(H,32,33). The van der Waals surface area contributed by atoms with Gasteiger partial charge in [0.1, 0.15) is 5.75 Å². The number of Topliss-reactive ketones (excluding diaryl/α,β-unsaturated/α-hetero) is 1. The molecule has 180 valence electrons. The summed E-state index contributed by atoms with van der Waals surface area (Å²) in [5.74, 6) is -0.816. The van der Waals surface area contributed by atoms with E-state index in [0.29, 0.717) is 35.3 Å². The number of unbranched alkanes of at least 4 members (excludes halogenated alkanes) is 3. The highest BCUT2D eigenvalue weighted by Crippen LogP contribution is 2.31. The third-order valence-electron chi connectivity index (χ3n) is 5.64. The Hall–Kier alpha value is -3.58. The van der Waals surface area contributed by atoms with Gasteiger partial charge >= 0.3 is 5.97 Å². The van der Waals surface area contributed by atoms with Crippen LogP contribution in [0.1, 0.15) is 65.3 Å². The first-order valence-corrected chi connectivity index (χ1v) is 11.4. The summed E-state index contributed by atoms with van der Waals surface area (Å²) in [5, 5.41) is 39.6. The molecule has 1 unspecified atom stereocenters. The smallest absolute Gasteiger partial charge is 0.335 e. The molecule has 0 aliphatic carbocycles. The zero-order valence-corrected chi connectivity index (χ0v) is 19.2. The Morgan fingerprint density at radius 3 is 2.29 bits per heavy atom. The van der Waals surface area contributed by atoms with Crippen LogP contribution in [0.3, 0.4) is 0 Å². The molecule has 3 aromatic carbocycles. The number of aliphatic hydroxyl groups excluding tert-OH is 1. The van der Waals surface area contributed by atoms with Gasteiger partial charge in [0.25, 0.3) is 0 Å². The lowest BCUT2D eigenvalue weighted by Crippen LogP contribution is -2.10. The van der Waals surface area contributed by atoms with E-state index in [9.17, 15) is 30.0 Å². The third kappa shape index (κ3) is 6.71. The maximum Gasteiger partial charge on any atom is 0.335 e. The van der Waals surface area contributed by atoms with Crippen LogP contribution in [0.15, 0.2) is 48.5 Å². The molecule has 34 heavy (non-hydrogen) atoms. The Bertz CT molecular complexity index is 1170. The number of hydrogen-bond donors (Lipinski definition) is 4. The number of phenolic OH excluding ortho intramolecular Hbond substituents is 2. The van der Waals surface area contributed by atoms with Crippen LogP contribution in [0, 0.1) is 0 Å². The minimum Gasteiger partial charge on any atom is -0.504 e. The number of carboxylic acid groups (broad SMARTS) is 1. The van der Waals surface area contributed by atoms with Crippen LogP contribution in [0.2, 0.25) is 0 Å². The maximum atomic E-state index is 12.5. The molecule has 0 saturated carbocycles. The summed E-state index contributed by atoms with van der Waals surface area (Å²) in [4.78, 5) is 23.8. The predicted molar refractivity (Wildman–Crippen MR) is 129 cm³/mol. The zero-order chi connectivity index (χ0) is 24.7. The molecule has 7 heteroatoms. The van der Waals surface area contributed by atoms with Crippen LogP contribution < -0.4 is 4.74 Å². The van der Waals surface area contributed by atoms with Gasteiger partial charge in [-0.2, -0.15) is 0 Å². The SMILES string of the molecule is CC(O)Cc1cc(OCCCCCCC(=O)c2ccc3cc(O)c(O)cc3c2)ccc1C(=O)O. The van der Waals surface area contributed by atoms with Gasteiger partial charge in [-0.05, 0) is 78.9 Å². The van der Waals surface area contributed by atoms with Crippen LogP contribution in [0.5, 0.6) is 17.2 Å². The van der Waals surface area contributed by atoms with Gasteiger partial charge in [-0.15, -0.1) is 0 Å². The molecule has 0 aliphatic rings. The van der Waals surface area contributed by atoms with Gasteiger partial charge in [-0.1, -0.05) is 25.0 Å². The van der Waals surface area contributed by atoms with Crippen molar-refractivity contribution in [2.45, 2.75) is 51.6 Å². The number of rotatable bonds is 12. The van der Waals surface area contributed by atoms with E-state index in [0.717, 1.165) is 31.1 Å². The molecule has 3 aromatic rings. The number of ether oxygens (including phenoxy) is 1. The Morgan fingerprint density at radius 1 is 0.882 bits per heavy atom. The minimum absolute atomic E-state index is 0.0369. The largest absolute Gasteiger partial charge is 0.504 e. The molecular weight excluding hydrogens is 436 g/mol. The number of fused-ring (bicyclic) bond motifs is 1. The lowest BCUT2D eigenvalue weighted by atomic mass is 10.0. The molecule has 0 radical (unpaired) electrons. The van der Waals surface area contributed by atoms with E-state index in [1.165, 1.54) is 18.2 Å². The van der Waals surface area contributed by atoms with Crippen molar-refractivity contribution in [3.05, 3.63) is 65.2 Å². The minimum atomic E-state index is -1.03. The van der Waals surface area contributed by atoms with Gasteiger partial charge in [-0.25, -0.2) is 4.79 Å².